The summed E-state index contributed by atoms with van der Waals surface area (Å²) in [6.07, 6.45) is 5.40. The third-order valence-electron chi connectivity index (χ3n) is 2.47. The van der Waals surface area contributed by atoms with Crippen molar-refractivity contribution < 1.29 is 4.79 Å². The van der Waals surface area contributed by atoms with Gasteiger partial charge in [-0.3, -0.25) is 9.78 Å². The molecule has 0 aliphatic rings. The molecule has 2 rings (SSSR count). The first-order valence-electron chi connectivity index (χ1n) is 5.59. The molecule has 0 unspecified atom stereocenters. The normalized spacial score (nSPS) is 10.7. The minimum atomic E-state index is -0.149. The molecule has 2 aromatic heterocycles. The van der Waals surface area contributed by atoms with E-state index in [1.807, 2.05) is 48.1 Å². The van der Waals surface area contributed by atoms with E-state index in [-0.39, 0.29) is 5.91 Å². The van der Waals surface area contributed by atoms with Crippen molar-refractivity contribution in [3.05, 3.63) is 54.1 Å². The lowest BCUT2D eigenvalue weighted by Gasteiger charge is -2.01. The SMILES string of the molecule is Cn1cccc1CC(=O)N/N=C\c1ccccn1. The quantitative estimate of drug-likeness (QED) is 0.645. The van der Waals surface area contributed by atoms with E-state index in [0.29, 0.717) is 12.1 Å². The molecule has 0 fully saturated rings. The molecule has 0 spiro atoms. The second-order valence-electron chi connectivity index (χ2n) is 3.83. The number of aryl methyl sites for hydroxylation is 1. The van der Waals surface area contributed by atoms with Crippen LogP contribution in [0.3, 0.4) is 0 Å². The molecule has 1 amide bonds. The maximum Gasteiger partial charge on any atom is 0.245 e. The molecule has 5 nitrogen and oxygen atoms in total. The van der Waals surface area contributed by atoms with E-state index in [1.165, 1.54) is 6.21 Å². The van der Waals surface area contributed by atoms with E-state index < -0.39 is 0 Å². The zero-order chi connectivity index (χ0) is 12.8. The van der Waals surface area contributed by atoms with Crippen LogP contribution in [0.5, 0.6) is 0 Å². The van der Waals surface area contributed by atoms with Gasteiger partial charge in [0.15, 0.2) is 0 Å². The molecule has 0 atom stereocenters. The van der Waals surface area contributed by atoms with Crippen LogP contribution in [0.4, 0.5) is 0 Å². The molecule has 0 aromatic carbocycles. The Labute approximate surface area is 105 Å². The molecule has 0 bridgehead atoms. The molecule has 0 aliphatic carbocycles. The number of pyridine rings is 1. The smallest absolute Gasteiger partial charge is 0.245 e. The molecule has 1 N–H and O–H groups in total. The average molecular weight is 242 g/mol. The summed E-state index contributed by atoms with van der Waals surface area (Å²) in [5, 5.41) is 3.86. The van der Waals surface area contributed by atoms with E-state index in [0.717, 1.165) is 5.69 Å². The summed E-state index contributed by atoms with van der Waals surface area (Å²) in [5.74, 6) is -0.149. The zero-order valence-corrected chi connectivity index (χ0v) is 10.1. The Morgan fingerprint density at radius 1 is 1.44 bits per heavy atom. The Bertz CT molecular complexity index is 545. The van der Waals surface area contributed by atoms with Crippen LogP contribution in [-0.2, 0) is 18.3 Å². The highest BCUT2D eigenvalue weighted by Crippen LogP contribution is 2.00. The first-order valence-corrected chi connectivity index (χ1v) is 5.59. The van der Waals surface area contributed by atoms with Crippen LogP contribution in [0.2, 0.25) is 0 Å². The predicted molar refractivity (Wildman–Crippen MR) is 69.1 cm³/mol. The molecular weight excluding hydrogens is 228 g/mol. The number of rotatable bonds is 4. The van der Waals surface area contributed by atoms with Crippen molar-refractivity contribution in [2.24, 2.45) is 12.1 Å². The summed E-state index contributed by atoms with van der Waals surface area (Å²) in [6.45, 7) is 0. The lowest BCUT2D eigenvalue weighted by molar-refractivity contribution is -0.120. The van der Waals surface area contributed by atoms with Crippen LogP contribution >= 0.6 is 0 Å². The fraction of sp³-hybridized carbons (Fsp3) is 0.154. The number of nitrogens with one attached hydrogen (secondary N) is 1. The Kier molecular flexibility index (Phi) is 3.86. The van der Waals surface area contributed by atoms with Gasteiger partial charge in [-0.25, -0.2) is 5.43 Å². The van der Waals surface area contributed by atoms with Gasteiger partial charge in [0.2, 0.25) is 5.91 Å². The minimum absolute atomic E-state index is 0.149. The van der Waals surface area contributed by atoms with Crippen LogP contribution in [0, 0.1) is 0 Å². The zero-order valence-electron chi connectivity index (χ0n) is 10.1. The van der Waals surface area contributed by atoms with E-state index >= 15 is 0 Å². The maximum absolute atomic E-state index is 11.6. The van der Waals surface area contributed by atoms with Crippen LogP contribution < -0.4 is 5.43 Å². The van der Waals surface area contributed by atoms with Crippen molar-refractivity contribution in [2.75, 3.05) is 0 Å². The van der Waals surface area contributed by atoms with Crippen LogP contribution in [0.1, 0.15) is 11.4 Å². The van der Waals surface area contributed by atoms with Gasteiger partial charge in [-0.2, -0.15) is 5.10 Å². The minimum Gasteiger partial charge on any atom is -0.354 e. The van der Waals surface area contributed by atoms with Crippen molar-refractivity contribution in [1.82, 2.24) is 15.0 Å². The van der Waals surface area contributed by atoms with Crippen molar-refractivity contribution in [2.45, 2.75) is 6.42 Å². The third-order valence-corrected chi connectivity index (χ3v) is 2.47. The number of carbonyl (C=O) groups excluding carboxylic acids is 1. The van der Waals surface area contributed by atoms with E-state index in [1.54, 1.807) is 6.20 Å². The topological polar surface area (TPSA) is 59.3 Å². The van der Waals surface area contributed by atoms with Gasteiger partial charge in [-0.15, -0.1) is 0 Å². The predicted octanol–water partition coefficient (Wildman–Crippen LogP) is 1.11. The average Bonchev–Trinajstić information content (AvgIpc) is 2.76. The van der Waals surface area contributed by atoms with Gasteiger partial charge in [0.25, 0.3) is 0 Å². The highest BCUT2D eigenvalue weighted by atomic mass is 16.2. The van der Waals surface area contributed by atoms with Gasteiger partial charge in [0, 0.05) is 25.1 Å². The van der Waals surface area contributed by atoms with Crippen LogP contribution in [-0.4, -0.2) is 21.7 Å². The molecular formula is C13H14N4O. The Balaban J connectivity index is 1.86. The highest BCUT2D eigenvalue weighted by molar-refractivity contribution is 5.81. The number of aromatic nitrogens is 2. The largest absolute Gasteiger partial charge is 0.354 e. The summed E-state index contributed by atoms with van der Waals surface area (Å²) in [7, 11) is 1.90. The summed E-state index contributed by atoms with van der Waals surface area (Å²) < 4.78 is 1.90. The van der Waals surface area contributed by atoms with Crippen molar-refractivity contribution in [3.8, 4) is 0 Å². The highest BCUT2D eigenvalue weighted by Gasteiger charge is 2.04. The fourth-order valence-electron chi connectivity index (χ4n) is 1.51. The van der Waals surface area contributed by atoms with Crippen molar-refractivity contribution >= 4 is 12.1 Å². The number of amides is 1. The van der Waals surface area contributed by atoms with Crippen molar-refractivity contribution in [3.63, 3.8) is 0 Å². The third kappa shape index (κ3) is 3.28. The van der Waals surface area contributed by atoms with Crippen molar-refractivity contribution in [1.29, 1.82) is 0 Å². The molecule has 18 heavy (non-hydrogen) atoms. The molecule has 2 heterocycles. The number of hydrogen-bond donors (Lipinski definition) is 1. The lowest BCUT2D eigenvalue weighted by atomic mass is 10.3. The Hall–Kier alpha value is -2.43. The van der Waals surface area contributed by atoms with Gasteiger partial charge in [-0.1, -0.05) is 6.07 Å². The molecule has 0 aliphatic heterocycles. The van der Waals surface area contributed by atoms with Gasteiger partial charge < -0.3 is 4.57 Å². The van der Waals surface area contributed by atoms with E-state index in [9.17, 15) is 4.79 Å². The number of hydrazone groups is 1. The van der Waals surface area contributed by atoms with Crippen LogP contribution in [0.25, 0.3) is 0 Å². The maximum atomic E-state index is 11.6. The first-order chi connectivity index (χ1) is 8.75. The summed E-state index contributed by atoms with van der Waals surface area (Å²) >= 11 is 0. The molecule has 92 valence electrons. The summed E-state index contributed by atoms with van der Waals surface area (Å²) in [4.78, 5) is 15.7. The van der Waals surface area contributed by atoms with Gasteiger partial charge in [0.05, 0.1) is 18.3 Å². The fourth-order valence-corrected chi connectivity index (χ4v) is 1.51. The number of hydrogen-bond acceptors (Lipinski definition) is 3. The molecule has 0 saturated carbocycles. The summed E-state index contributed by atoms with van der Waals surface area (Å²) in [5.41, 5.74) is 4.12. The summed E-state index contributed by atoms with van der Waals surface area (Å²) in [6, 6.07) is 9.31. The Morgan fingerprint density at radius 2 is 2.33 bits per heavy atom. The molecule has 0 radical (unpaired) electrons. The lowest BCUT2D eigenvalue weighted by Crippen LogP contribution is -2.20. The van der Waals surface area contributed by atoms with Crippen LogP contribution in [0.15, 0.2) is 47.8 Å². The number of nitrogens with zero attached hydrogens (tertiary/aromatic N) is 3. The standard InChI is InChI=1S/C13H14N4O/c1-17-8-4-6-12(17)9-13(18)16-15-10-11-5-2-3-7-14-11/h2-8,10H,9H2,1H3,(H,16,18)/b15-10-. The Morgan fingerprint density at radius 3 is 3.00 bits per heavy atom. The van der Waals surface area contributed by atoms with Gasteiger partial charge in [-0.05, 0) is 24.3 Å². The van der Waals surface area contributed by atoms with E-state index in [4.69, 9.17) is 0 Å². The second-order valence-corrected chi connectivity index (χ2v) is 3.83. The molecule has 2 aromatic rings. The number of carbonyl (C=O) groups is 1. The molecule has 5 heteroatoms. The first kappa shape index (κ1) is 12.0. The van der Waals surface area contributed by atoms with Gasteiger partial charge in [0.1, 0.15) is 0 Å². The van der Waals surface area contributed by atoms with Gasteiger partial charge >= 0.3 is 0 Å². The monoisotopic (exact) mass is 242 g/mol. The molecule has 0 saturated heterocycles. The second kappa shape index (κ2) is 5.77. The van der Waals surface area contributed by atoms with E-state index in [2.05, 4.69) is 15.5 Å².